The Balaban J connectivity index is 2.19. The second-order valence-corrected chi connectivity index (χ2v) is 9.53. The van der Waals surface area contributed by atoms with Crippen molar-refractivity contribution >= 4 is 27.4 Å². The second kappa shape index (κ2) is 10.4. The molecule has 2 rings (SSSR count). The summed E-state index contributed by atoms with van der Waals surface area (Å²) in [6, 6.07) is 12.4. The molecule has 0 amide bonds. The predicted octanol–water partition coefficient (Wildman–Crippen LogP) is 3.56. The largest absolute Gasteiger partial charge is 0.426 e. The Morgan fingerprint density at radius 3 is 2.35 bits per heavy atom. The first-order valence-electron chi connectivity index (χ1n) is 9.76. The molecular weight excluding hydrogens is 420 g/mol. The van der Waals surface area contributed by atoms with Crippen molar-refractivity contribution < 1.29 is 27.9 Å². The first kappa shape index (κ1) is 24.4. The molecule has 0 spiro atoms. The number of rotatable bonds is 9. The van der Waals surface area contributed by atoms with Gasteiger partial charge in [0.15, 0.2) is 0 Å². The molecule has 0 heterocycles. The van der Waals surface area contributed by atoms with E-state index in [-0.39, 0.29) is 23.9 Å². The number of hydrogen-bond donors (Lipinski definition) is 2. The number of nitrogens with one attached hydrogen (secondary N) is 1. The zero-order chi connectivity index (χ0) is 23.1. The summed E-state index contributed by atoms with van der Waals surface area (Å²) in [4.78, 5) is 17.1. The number of esters is 1. The quantitative estimate of drug-likeness (QED) is 0.199. The molecule has 168 valence electrons. The molecule has 9 heteroatoms. The highest BCUT2D eigenvalue weighted by Gasteiger charge is 2.24. The summed E-state index contributed by atoms with van der Waals surface area (Å²) in [5.41, 5.74) is 0.723. The van der Waals surface area contributed by atoms with Crippen molar-refractivity contribution in [3.63, 3.8) is 0 Å². The van der Waals surface area contributed by atoms with Crippen molar-refractivity contribution in [1.29, 1.82) is 0 Å². The Hall–Kier alpha value is -2.91. The number of carbonyl (C=O) groups excluding carboxylic acids is 1. The summed E-state index contributed by atoms with van der Waals surface area (Å²) < 4.78 is 33.5. The number of benzene rings is 2. The molecule has 2 N–H and O–H groups in total. The number of aliphatic hydroxyl groups is 1. The minimum Gasteiger partial charge on any atom is -0.426 e. The molecule has 0 saturated carbocycles. The smallest absolute Gasteiger partial charge is 0.316 e. The monoisotopic (exact) mass is 448 g/mol. The van der Waals surface area contributed by atoms with Gasteiger partial charge in [-0.05, 0) is 58.0 Å². The van der Waals surface area contributed by atoms with Gasteiger partial charge in [0, 0.05) is 18.6 Å². The van der Waals surface area contributed by atoms with Crippen LogP contribution in [0.3, 0.4) is 0 Å². The number of aliphatic hydroxyl groups excluding tert-OH is 1. The van der Waals surface area contributed by atoms with Gasteiger partial charge < -0.3 is 14.7 Å². The van der Waals surface area contributed by atoms with E-state index < -0.39 is 21.4 Å². The summed E-state index contributed by atoms with van der Waals surface area (Å²) in [6.45, 7) is 7.16. The number of nitrogens with zero attached hydrogens (tertiary/aromatic N) is 1. The standard InChI is InChI=1S/C22H28N2O6S/c1-16(23-29-15-7-14-25)19-8-5-6-9-20(19)24-31(27,28)18-12-10-17(11-13-18)30-21(26)22(2,3)4/h5-6,8-13,24-25H,7,14-15H2,1-4H3/b23-16-. The lowest BCUT2D eigenvalue weighted by Crippen LogP contribution is -2.25. The van der Waals surface area contributed by atoms with E-state index in [2.05, 4.69) is 9.88 Å². The van der Waals surface area contributed by atoms with Gasteiger partial charge in [-0.15, -0.1) is 0 Å². The van der Waals surface area contributed by atoms with E-state index in [1.165, 1.54) is 24.3 Å². The van der Waals surface area contributed by atoms with Crippen LogP contribution >= 0.6 is 0 Å². The van der Waals surface area contributed by atoms with Crippen LogP contribution in [0.5, 0.6) is 5.75 Å². The van der Waals surface area contributed by atoms with Crippen molar-refractivity contribution in [1.82, 2.24) is 0 Å². The fraction of sp³-hybridized carbons (Fsp3) is 0.364. The van der Waals surface area contributed by atoms with Gasteiger partial charge in [0.05, 0.1) is 21.7 Å². The average molecular weight is 449 g/mol. The van der Waals surface area contributed by atoms with Gasteiger partial charge in [0.1, 0.15) is 12.4 Å². The van der Waals surface area contributed by atoms with Crippen molar-refractivity contribution in [2.45, 2.75) is 39.0 Å². The van der Waals surface area contributed by atoms with Crippen LogP contribution < -0.4 is 9.46 Å². The topological polar surface area (TPSA) is 114 Å². The molecule has 0 fully saturated rings. The normalized spacial score (nSPS) is 12.4. The number of para-hydroxylation sites is 1. The molecule has 0 unspecified atom stereocenters. The number of sulfonamides is 1. The van der Waals surface area contributed by atoms with E-state index in [1.54, 1.807) is 52.0 Å². The molecule has 0 bridgehead atoms. The highest BCUT2D eigenvalue weighted by atomic mass is 32.2. The molecule has 8 nitrogen and oxygen atoms in total. The molecule has 0 aliphatic carbocycles. The van der Waals surface area contributed by atoms with Crippen LogP contribution in [-0.2, 0) is 19.7 Å². The van der Waals surface area contributed by atoms with E-state index in [0.29, 0.717) is 23.4 Å². The van der Waals surface area contributed by atoms with Gasteiger partial charge in [0.2, 0.25) is 0 Å². The maximum atomic E-state index is 12.9. The van der Waals surface area contributed by atoms with E-state index in [0.717, 1.165) is 0 Å². The van der Waals surface area contributed by atoms with Crippen molar-refractivity contribution in [2.24, 2.45) is 10.6 Å². The summed E-state index contributed by atoms with van der Waals surface area (Å²) >= 11 is 0. The Morgan fingerprint density at radius 1 is 1.10 bits per heavy atom. The number of carbonyl (C=O) groups is 1. The summed E-state index contributed by atoms with van der Waals surface area (Å²) in [5, 5.41) is 12.8. The molecule has 0 aromatic heterocycles. The second-order valence-electron chi connectivity index (χ2n) is 7.85. The highest BCUT2D eigenvalue weighted by Crippen LogP contribution is 2.24. The number of anilines is 1. The molecule has 0 saturated heterocycles. The molecule has 0 atom stereocenters. The lowest BCUT2D eigenvalue weighted by Gasteiger charge is -2.16. The van der Waals surface area contributed by atoms with Crippen molar-refractivity contribution in [3.8, 4) is 5.75 Å². The maximum Gasteiger partial charge on any atom is 0.316 e. The SMILES string of the molecule is C/C(=N/OCCCO)c1ccccc1NS(=O)(=O)c1ccc(OC(=O)C(C)(C)C)cc1. The lowest BCUT2D eigenvalue weighted by molar-refractivity contribution is -0.143. The fourth-order valence-electron chi connectivity index (χ4n) is 2.36. The van der Waals surface area contributed by atoms with Crippen LogP contribution in [0.4, 0.5) is 5.69 Å². The number of ether oxygens (including phenoxy) is 1. The van der Waals surface area contributed by atoms with Crippen LogP contribution in [0, 0.1) is 5.41 Å². The van der Waals surface area contributed by atoms with Crippen LogP contribution in [0.25, 0.3) is 0 Å². The Morgan fingerprint density at radius 2 is 1.74 bits per heavy atom. The molecule has 2 aromatic carbocycles. The first-order chi connectivity index (χ1) is 14.5. The van der Waals surface area contributed by atoms with Crippen LogP contribution in [-0.4, -0.2) is 38.4 Å². The molecule has 31 heavy (non-hydrogen) atoms. The molecule has 0 aliphatic heterocycles. The van der Waals surface area contributed by atoms with Gasteiger partial charge in [-0.25, -0.2) is 8.42 Å². The Kier molecular flexibility index (Phi) is 8.18. The van der Waals surface area contributed by atoms with Crippen LogP contribution in [0.2, 0.25) is 0 Å². The third-order valence-electron chi connectivity index (χ3n) is 4.11. The lowest BCUT2D eigenvalue weighted by atomic mass is 9.97. The van der Waals surface area contributed by atoms with E-state index in [9.17, 15) is 13.2 Å². The average Bonchev–Trinajstić information content (AvgIpc) is 2.71. The fourth-order valence-corrected chi connectivity index (χ4v) is 3.44. The van der Waals surface area contributed by atoms with Gasteiger partial charge in [0.25, 0.3) is 10.0 Å². The molecular formula is C22H28N2O6S. The summed E-state index contributed by atoms with van der Waals surface area (Å²) in [6.07, 6.45) is 0.451. The zero-order valence-corrected chi connectivity index (χ0v) is 18.9. The zero-order valence-electron chi connectivity index (χ0n) is 18.1. The highest BCUT2D eigenvalue weighted by molar-refractivity contribution is 7.92. The third-order valence-corrected chi connectivity index (χ3v) is 5.49. The van der Waals surface area contributed by atoms with Gasteiger partial charge in [-0.3, -0.25) is 9.52 Å². The van der Waals surface area contributed by atoms with Gasteiger partial charge in [-0.2, -0.15) is 0 Å². The van der Waals surface area contributed by atoms with E-state index >= 15 is 0 Å². The van der Waals surface area contributed by atoms with Gasteiger partial charge >= 0.3 is 5.97 Å². The number of oxime groups is 1. The molecule has 2 aromatic rings. The maximum absolute atomic E-state index is 12.9. The molecule has 0 aliphatic rings. The molecule has 0 radical (unpaired) electrons. The van der Waals surface area contributed by atoms with E-state index in [4.69, 9.17) is 14.7 Å². The number of hydrogen-bond acceptors (Lipinski definition) is 7. The first-order valence-corrected chi connectivity index (χ1v) is 11.2. The van der Waals surface area contributed by atoms with Crippen molar-refractivity contribution in [2.75, 3.05) is 17.9 Å². The minimum absolute atomic E-state index is 0.000844. The summed E-state index contributed by atoms with van der Waals surface area (Å²) in [7, 11) is -3.89. The van der Waals surface area contributed by atoms with Gasteiger partial charge in [-0.1, -0.05) is 23.4 Å². The Labute approximate surface area is 182 Å². The third kappa shape index (κ3) is 7.08. The predicted molar refractivity (Wildman–Crippen MR) is 119 cm³/mol. The summed E-state index contributed by atoms with van der Waals surface area (Å²) in [5.74, 6) is -0.145. The van der Waals surface area contributed by atoms with Crippen molar-refractivity contribution in [3.05, 3.63) is 54.1 Å². The minimum atomic E-state index is -3.89. The van der Waals surface area contributed by atoms with E-state index in [1.807, 2.05) is 0 Å². The Bertz CT molecular complexity index is 1020. The van der Waals surface area contributed by atoms with Crippen LogP contribution in [0.15, 0.2) is 58.6 Å². The van der Waals surface area contributed by atoms with Crippen LogP contribution in [0.1, 0.15) is 39.7 Å².